The minimum Gasteiger partial charge on any atom is -0.497 e. The summed E-state index contributed by atoms with van der Waals surface area (Å²) in [4.78, 5) is 4.27. The van der Waals surface area contributed by atoms with Gasteiger partial charge in [-0.1, -0.05) is 42.0 Å². The molecule has 0 amide bonds. The molecule has 2 aromatic carbocycles. The quantitative estimate of drug-likeness (QED) is 0.383. The summed E-state index contributed by atoms with van der Waals surface area (Å²) in [5.41, 5.74) is 3.92. The van der Waals surface area contributed by atoms with Crippen molar-refractivity contribution >= 4 is 29.9 Å². The van der Waals surface area contributed by atoms with Crippen molar-refractivity contribution < 1.29 is 4.74 Å². The Morgan fingerprint density at radius 3 is 2.16 bits per heavy atom. The Kier molecular flexibility index (Phi) is 9.99. The molecule has 0 bridgehead atoms. The van der Waals surface area contributed by atoms with Crippen LogP contribution in [0.5, 0.6) is 5.75 Å². The second-order valence-electron chi connectivity index (χ2n) is 5.76. The maximum Gasteiger partial charge on any atom is 0.190 e. The van der Waals surface area contributed by atoms with E-state index in [9.17, 15) is 0 Å². The third kappa shape index (κ3) is 7.77. The van der Waals surface area contributed by atoms with E-state index in [1.807, 2.05) is 12.1 Å². The van der Waals surface area contributed by atoms with Crippen LogP contribution in [0.25, 0.3) is 0 Å². The SMILES string of the molecule is CN=C(NCCc1ccc(OC)cc1)NCCc1cccc(C)c1.I. The molecule has 0 atom stereocenters. The van der Waals surface area contributed by atoms with Gasteiger partial charge in [0.1, 0.15) is 5.75 Å². The Morgan fingerprint density at radius 1 is 0.960 bits per heavy atom. The number of benzene rings is 2. The highest BCUT2D eigenvalue weighted by Gasteiger charge is 1.99. The number of hydrogen-bond acceptors (Lipinski definition) is 2. The molecule has 2 N–H and O–H groups in total. The molecule has 0 aromatic heterocycles. The van der Waals surface area contributed by atoms with Crippen LogP contribution in [0.3, 0.4) is 0 Å². The minimum atomic E-state index is 0. The van der Waals surface area contributed by atoms with Gasteiger partial charge in [-0.2, -0.15) is 0 Å². The molecule has 0 fully saturated rings. The number of hydrogen-bond donors (Lipinski definition) is 2. The summed E-state index contributed by atoms with van der Waals surface area (Å²) in [6, 6.07) is 16.8. The van der Waals surface area contributed by atoms with Crippen LogP contribution in [-0.2, 0) is 12.8 Å². The highest BCUT2D eigenvalue weighted by molar-refractivity contribution is 14.0. The molecule has 0 aliphatic heterocycles. The van der Waals surface area contributed by atoms with Crippen LogP contribution in [0.15, 0.2) is 53.5 Å². The van der Waals surface area contributed by atoms with Crippen LogP contribution in [0.2, 0.25) is 0 Å². The molecule has 0 saturated heterocycles. The Morgan fingerprint density at radius 2 is 1.60 bits per heavy atom. The van der Waals surface area contributed by atoms with Gasteiger partial charge in [0.05, 0.1) is 7.11 Å². The molecule has 0 radical (unpaired) electrons. The fourth-order valence-electron chi connectivity index (χ4n) is 2.53. The van der Waals surface area contributed by atoms with E-state index >= 15 is 0 Å². The third-order valence-electron chi connectivity index (χ3n) is 3.88. The zero-order chi connectivity index (χ0) is 17.2. The lowest BCUT2D eigenvalue weighted by Crippen LogP contribution is -2.39. The van der Waals surface area contributed by atoms with Crippen LogP contribution in [0, 0.1) is 6.92 Å². The van der Waals surface area contributed by atoms with Crippen LogP contribution >= 0.6 is 24.0 Å². The van der Waals surface area contributed by atoms with Crippen molar-refractivity contribution in [1.82, 2.24) is 10.6 Å². The summed E-state index contributed by atoms with van der Waals surface area (Å²) in [6.07, 6.45) is 1.93. The third-order valence-corrected chi connectivity index (χ3v) is 3.88. The summed E-state index contributed by atoms with van der Waals surface area (Å²) in [7, 11) is 3.48. The van der Waals surface area contributed by atoms with Crippen molar-refractivity contribution in [2.24, 2.45) is 4.99 Å². The summed E-state index contributed by atoms with van der Waals surface area (Å²) in [5, 5.41) is 6.71. The lowest BCUT2D eigenvalue weighted by Gasteiger charge is -2.12. The van der Waals surface area contributed by atoms with Crippen molar-refractivity contribution in [2.45, 2.75) is 19.8 Å². The molecule has 4 nitrogen and oxygen atoms in total. The number of rotatable bonds is 7. The van der Waals surface area contributed by atoms with E-state index in [0.29, 0.717) is 0 Å². The summed E-state index contributed by atoms with van der Waals surface area (Å²) < 4.78 is 5.17. The predicted molar refractivity (Wildman–Crippen MR) is 116 cm³/mol. The first-order valence-electron chi connectivity index (χ1n) is 8.34. The van der Waals surface area contributed by atoms with E-state index in [-0.39, 0.29) is 24.0 Å². The maximum atomic E-state index is 5.17. The first-order valence-corrected chi connectivity index (χ1v) is 8.34. The number of aliphatic imine (C=N–C) groups is 1. The van der Waals surface area contributed by atoms with Crippen molar-refractivity contribution in [3.63, 3.8) is 0 Å². The van der Waals surface area contributed by atoms with Crippen LogP contribution in [-0.4, -0.2) is 33.2 Å². The van der Waals surface area contributed by atoms with Gasteiger partial charge in [0, 0.05) is 20.1 Å². The number of ether oxygens (including phenoxy) is 1. The topological polar surface area (TPSA) is 45.7 Å². The summed E-state index contributed by atoms with van der Waals surface area (Å²) >= 11 is 0. The normalized spacial score (nSPS) is 10.8. The Bertz CT molecular complexity index is 656. The van der Waals surface area contributed by atoms with Gasteiger partial charge in [0.2, 0.25) is 0 Å². The van der Waals surface area contributed by atoms with Gasteiger partial charge in [-0.15, -0.1) is 24.0 Å². The van der Waals surface area contributed by atoms with E-state index in [4.69, 9.17) is 4.74 Å². The van der Waals surface area contributed by atoms with E-state index in [1.54, 1.807) is 14.2 Å². The maximum absolute atomic E-state index is 5.17. The number of aryl methyl sites for hydroxylation is 1. The molecule has 25 heavy (non-hydrogen) atoms. The highest BCUT2D eigenvalue weighted by atomic mass is 127. The smallest absolute Gasteiger partial charge is 0.190 e. The molecule has 0 aliphatic rings. The predicted octanol–water partition coefficient (Wildman–Crippen LogP) is 3.57. The lowest BCUT2D eigenvalue weighted by molar-refractivity contribution is 0.414. The molecule has 0 aliphatic carbocycles. The van der Waals surface area contributed by atoms with Gasteiger partial charge in [-0.3, -0.25) is 4.99 Å². The number of methoxy groups -OCH3 is 1. The summed E-state index contributed by atoms with van der Waals surface area (Å²) in [5.74, 6) is 1.73. The van der Waals surface area contributed by atoms with Gasteiger partial charge in [-0.05, 0) is 43.0 Å². The lowest BCUT2D eigenvalue weighted by atomic mass is 10.1. The number of nitrogens with one attached hydrogen (secondary N) is 2. The largest absolute Gasteiger partial charge is 0.497 e. The Labute approximate surface area is 168 Å². The minimum absolute atomic E-state index is 0. The number of halogens is 1. The zero-order valence-electron chi connectivity index (χ0n) is 15.2. The van der Waals surface area contributed by atoms with Crippen molar-refractivity contribution in [2.75, 3.05) is 27.2 Å². The standard InChI is InChI=1S/C20H27N3O.HI/c1-16-5-4-6-18(15-16)12-14-23-20(21-2)22-13-11-17-7-9-19(24-3)10-8-17;/h4-10,15H,11-14H2,1-3H3,(H2,21,22,23);1H. The molecule has 2 rings (SSSR count). The highest BCUT2D eigenvalue weighted by Crippen LogP contribution is 2.11. The van der Waals surface area contributed by atoms with E-state index in [1.165, 1.54) is 16.7 Å². The first kappa shape index (κ1) is 21.3. The molecule has 2 aromatic rings. The van der Waals surface area contributed by atoms with Crippen LogP contribution in [0.4, 0.5) is 0 Å². The van der Waals surface area contributed by atoms with Crippen molar-refractivity contribution in [1.29, 1.82) is 0 Å². The van der Waals surface area contributed by atoms with Gasteiger partial charge < -0.3 is 15.4 Å². The van der Waals surface area contributed by atoms with Gasteiger partial charge in [0.25, 0.3) is 0 Å². The van der Waals surface area contributed by atoms with Crippen LogP contribution < -0.4 is 15.4 Å². The van der Waals surface area contributed by atoms with Gasteiger partial charge in [0.15, 0.2) is 5.96 Å². The fraction of sp³-hybridized carbons (Fsp3) is 0.350. The molecule has 0 heterocycles. The first-order chi connectivity index (χ1) is 11.7. The monoisotopic (exact) mass is 453 g/mol. The Balaban J connectivity index is 0.00000312. The summed E-state index contributed by atoms with van der Waals surface area (Å²) in [6.45, 7) is 3.83. The van der Waals surface area contributed by atoms with E-state index in [2.05, 4.69) is 58.9 Å². The van der Waals surface area contributed by atoms with Gasteiger partial charge in [-0.25, -0.2) is 0 Å². The number of nitrogens with zero attached hydrogens (tertiary/aromatic N) is 1. The Hall–Kier alpha value is -1.76. The molecule has 0 saturated carbocycles. The second-order valence-corrected chi connectivity index (χ2v) is 5.76. The molecular formula is C20H28IN3O. The average molecular weight is 453 g/mol. The fourth-order valence-corrected chi connectivity index (χ4v) is 2.53. The molecule has 0 unspecified atom stereocenters. The average Bonchev–Trinajstić information content (AvgIpc) is 2.61. The molecular weight excluding hydrogens is 425 g/mol. The van der Waals surface area contributed by atoms with Crippen molar-refractivity contribution in [3.8, 4) is 5.75 Å². The zero-order valence-corrected chi connectivity index (χ0v) is 17.5. The molecule has 0 spiro atoms. The van der Waals surface area contributed by atoms with Crippen LogP contribution in [0.1, 0.15) is 16.7 Å². The van der Waals surface area contributed by atoms with E-state index < -0.39 is 0 Å². The number of guanidine groups is 1. The van der Waals surface area contributed by atoms with E-state index in [0.717, 1.165) is 37.6 Å². The molecule has 5 heteroatoms. The second kappa shape index (κ2) is 11.7. The molecule has 136 valence electrons. The van der Waals surface area contributed by atoms with Gasteiger partial charge >= 0.3 is 0 Å². The van der Waals surface area contributed by atoms with Crippen molar-refractivity contribution in [3.05, 3.63) is 65.2 Å².